The number of piperidine rings is 1. The lowest BCUT2D eigenvalue weighted by Crippen LogP contribution is -2.50. The van der Waals surface area contributed by atoms with E-state index in [0.717, 1.165) is 44.5 Å². The van der Waals surface area contributed by atoms with Gasteiger partial charge in [-0.3, -0.25) is 4.79 Å². The second-order valence-corrected chi connectivity index (χ2v) is 7.30. The maximum Gasteiger partial charge on any atom is 0.317 e. The van der Waals surface area contributed by atoms with Crippen molar-refractivity contribution in [3.05, 3.63) is 15.6 Å². The maximum absolute atomic E-state index is 12.7. The highest BCUT2D eigenvalue weighted by Crippen LogP contribution is 2.29. The number of carbonyl (C=O) groups is 2. The molecule has 3 amide bonds. The zero-order chi connectivity index (χ0) is 15.1. The summed E-state index contributed by atoms with van der Waals surface area (Å²) in [6.45, 7) is 2.87. The minimum absolute atomic E-state index is 0.00697. The third-order valence-corrected chi connectivity index (χ3v) is 5.94. The Morgan fingerprint density at radius 3 is 2.95 bits per heavy atom. The van der Waals surface area contributed by atoms with E-state index >= 15 is 0 Å². The molecule has 4 rings (SSSR count). The molecule has 118 valence electrons. The number of thiazole rings is 1. The van der Waals surface area contributed by atoms with E-state index in [4.69, 9.17) is 0 Å². The largest absolute Gasteiger partial charge is 0.336 e. The lowest BCUT2D eigenvalue weighted by molar-refractivity contribution is 0.0634. The van der Waals surface area contributed by atoms with Crippen LogP contribution in [0.1, 0.15) is 39.6 Å². The first kappa shape index (κ1) is 14.0. The molecule has 1 unspecified atom stereocenters. The Hall–Kier alpha value is -1.63. The van der Waals surface area contributed by atoms with Gasteiger partial charge in [0.15, 0.2) is 5.01 Å². The Morgan fingerprint density at radius 2 is 2.18 bits per heavy atom. The van der Waals surface area contributed by atoms with E-state index < -0.39 is 0 Å². The second-order valence-electron chi connectivity index (χ2n) is 6.21. The fourth-order valence-electron chi connectivity index (χ4n) is 3.65. The van der Waals surface area contributed by atoms with Gasteiger partial charge in [0.05, 0.1) is 11.7 Å². The van der Waals surface area contributed by atoms with Crippen LogP contribution in [0, 0.1) is 0 Å². The van der Waals surface area contributed by atoms with Crippen LogP contribution in [0.25, 0.3) is 0 Å². The van der Waals surface area contributed by atoms with Crippen LogP contribution in [-0.2, 0) is 12.8 Å². The number of hydrogen-bond acceptors (Lipinski definition) is 4. The van der Waals surface area contributed by atoms with Gasteiger partial charge in [-0.2, -0.15) is 0 Å². The summed E-state index contributed by atoms with van der Waals surface area (Å²) in [6, 6.07) is 0.152. The first-order chi connectivity index (χ1) is 10.7. The summed E-state index contributed by atoms with van der Waals surface area (Å²) in [6.07, 6.45) is 5.17. The number of nitrogens with zero attached hydrogens (tertiary/aromatic N) is 3. The summed E-state index contributed by atoms with van der Waals surface area (Å²) in [5.74, 6) is 0.0451. The molecule has 22 heavy (non-hydrogen) atoms. The van der Waals surface area contributed by atoms with Crippen molar-refractivity contribution in [2.75, 3.05) is 26.2 Å². The smallest absolute Gasteiger partial charge is 0.317 e. The highest BCUT2D eigenvalue weighted by Gasteiger charge is 2.34. The third-order valence-electron chi connectivity index (χ3n) is 4.79. The molecule has 1 aromatic rings. The molecule has 2 fully saturated rings. The van der Waals surface area contributed by atoms with Crippen molar-refractivity contribution < 1.29 is 9.59 Å². The molecular formula is C15H20N4O2S. The van der Waals surface area contributed by atoms with Crippen molar-refractivity contribution in [1.82, 2.24) is 20.1 Å². The van der Waals surface area contributed by atoms with Crippen molar-refractivity contribution in [1.29, 1.82) is 0 Å². The SMILES string of the molecule is O=C(c1nc2c(s1)CCC2)N1CCCC(N2CCNC2=O)C1. The Kier molecular flexibility index (Phi) is 3.52. The summed E-state index contributed by atoms with van der Waals surface area (Å²) >= 11 is 1.56. The summed E-state index contributed by atoms with van der Waals surface area (Å²) in [5.41, 5.74) is 1.13. The number of fused-ring (bicyclic) bond motifs is 1. The minimum Gasteiger partial charge on any atom is -0.336 e. The Labute approximate surface area is 133 Å². The fourth-order valence-corrected chi connectivity index (χ4v) is 4.76. The van der Waals surface area contributed by atoms with Crippen molar-refractivity contribution in [2.24, 2.45) is 0 Å². The average Bonchev–Trinajstić information content (AvgIpc) is 3.21. The number of aromatic nitrogens is 1. The molecule has 1 N–H and O–H groups in total. The van der Waals surface area contributed by atoms with Crippen LogP contribution in [0.15, 0.2) is 0 Å². The predicted molar refractivity (Wildman–Crippen MR) is 83.2 cm³/mol. The van der Waals surface area contributed by atoms with Gasteiger partial charge in [0.2, 0.25) is 0 Å². The average molecular weight is 320 g/mol. The summed E-state index contributed by atoms with van der Waals surface area (Å²) in [4.78, 5) is 34.1. The van der Waals surface area contributed by atoms with Gasteiger partial charge in [0.25, 0.3) is 5.91 Å². The number of carbonyl (C=O) groups excluding carboxylic acids is 2. The highest BCUT2D eigenvalue weighted by atomic mass is 32.1. The van der Waals surface area contributed by atoms with Gasteiger partial charge in [-0.1, -0.05) is 0 Å². The van der Waals surface area contributed by atoms with E-state index in [1.54, 1.807) is 11.3 Å². The molecule has 0 aromatic carbocycles. The molecule has 3 aliphatic rings. The summed E-state index contributed by atoms with van der Waals surface area (Å²) in [7, 11) is 0. The molecule has 6 nitrogen and oxygen atoms in total. The van der Waals surface area contributed by atoms with Crippen LogP contribution in [0.3, 0.4) is 0 Å². The van der Waals surface area contributed by atoms with Crippen molar-refractivity contribution in [2.45, 2.75) is 38.1 Å². The molecule has 1 aromatic heterocycles. The van der Waals surface area contributed by atoms with Gasteiger partial charge in [-0.05, 0) is 32.1 Å². The van der Waals surface area contributed by atoms with E-state index in [-0.39, 0.29) is 18.0 Å². The van der Waals surface area contributed by atoms with Crippen molar-refractivity contribution in [3.63, 3.8) is 0 Å². The molecule has 0 radical (unpaired) electrons. The van der Waals surface area contributed by atoms with Crippen LogP contribution >= 0.6 is 11.3 Å². The molecule has 2 saturated heterocycles. The maximum atomic E-state index is 12.7. The summed E-state index contributed by atoms with van der Waals surface area (Å²) < 4.78 is 0. The predicted octanol–water partition coefficient (Wildman–Crippen LogP) is 1.26. The van der Waals surface area contributed by atoms with E-state index in [1.165, 1.54) is 11.3 Å². The first-order valence-corrected chi connectivity index (χ1v) is 8.86. The topological polar surface area (TPSA) is 65.5 Å². The standard InChI is InChI=1S/C15H20N4O2S/c20-14(13-17-11-4-1-5-12(11)22-13)18-7-2-3-10(9-18)19-8-6-16-15(19)21/h10H,1-9H2,(H,16,21). The zero-order valence-corrected chi connectivity index (χ0v) is 13.3. The molecule has 3 heterocycles. The van der Waals surface area contributed by atoms with Crippen LogP contribution < -0.4 is 5.32 Å². The summed E-state index contributed by atoms with van der Waals surface area (Å²) in [5, 5.41) is 3.48. The quantitative estimate of drug-likeness (QED) is 0.892. The molecule has 0 spiro atoms. The van der Waals surface area contributed by atoms with Gasteiger partial charge in [0, 0.05) is 31.1 Å². The highest BCUT2D eigenvalue weighted by molar-refractivity contribution is 7.13. The van der Waals surface area contributed by atoms with E-state index in [2.05, 4.69) is 10.3 Å². The van der Waals surface area contributed by atoms with Gasteiger partial charge < -0.3 is 15.1 Å². The minimum atomic E-state index is 0.00697. The Morgan fingerprint density at radius 1 is 1.27 bits per heavy atom. The molecule has 7 heteroatoms. The molecular weight excluding hydrogens is 300 g/mol. The molecule has 1 atom stereocenters. The van der Waals surface area contributed by atoms with Gasteiger partial charge in [-0.25, -0.2) is 9.78 Å². The zero-order valence-electron chi connectivity index (χ0n) is 12.5. The van der Waals surface area contributed by atoms with Crippen LogP contribution in [0.4, 0.5) is 4.79 Å². The number of hydrogen-bond donors (Lipinski definition) is 1. The van der Waals surface area contributed by atoms with E-state index in [0.29, 0.717) is 18.1 Å². The number of aryl methyl sites for hydroxylation is 2. The lowest BCUT2D eigenvalue weighted by Gasteiger charge is -2.36. The van der Waals surface area contributed by atoms with E-state index in [1.807, 2.05) is 9.80 Å². The molecule has 1 aliphatic carbocycles. The third kappa shape index (κ3) is 2.37. The first-order valence-electron chi connectivity index (χ1n) is 8.04. The Bertz CT molecular complexity index is 593. The lowest BCUT2D eigenvalue weighted by atomic mass is 10.0. The van der Waals surface area contributed by atoms with Crippen LogP contribution in [-0.4, -0.2) is 58.9 Å². The van der Waals surface area contributed by atoms with Gasteiger partial charge in [-0.15, -0.1) is 11.3 Å². The number of urea groups is 1. The van der Waals surface area contributed by atoms with Crippen LogP contribution in [0.2, 0.25) is 0 Å². The normalized spacial score (nSPS) is 24.5. The fraction of sp³-hybridized carbons (Fsp3) is 0.667. The van der Waals surface area contributed by atoms with Crippen molar-refractivity contribution >= 4 is 23.3 Å². The van der Waals surface area contributed by atoms with Crippen molar-refractivity contribution in [3.8, 4) is 0 Å². The Balaban J connectivity index is 1.47. The number of nitrogens with one attached hydrogen (secondary N) is 1. The number of rotatable bonds is 2. The van der Waals surface area contributed by atoms with E-state index in [9.17, 15) is 9.59 Å². The molecule has 2 aliphatic heterocycles. The number of likely N-dealkylation sites (tertiary alicyclic amines) is 1. The van der Waals surface area contributed by atoms with Gasteiger partial charge >= 0.3 is 6.03 Å². The number of amides is 3. The molecule has 0 saturated carbocycles. The molecule has 0 bridgehead atoms. The van der Waals surface area contributed by atoms with Gasteiger partial charge in [0.1, 0.15) is 0 Å². The second kappa shape index (κ2) is 5.53. The monoisotopic (exact) mass is 320 g/mol. The van der Waals surface area contributed by atoms with Crippen LogP contribution in [0.5, 0.6) is 0 Å².